The monoisotopic (exact) mass is 196 g/mol. The molecule has 4 nitrogen and oxygen atoms in total. The fourth-order valence-corrected chi connectivity index (χ4v) is 0.761. The number of hydrogen-bond acceptors (Lipinski definition) is 2. The Morgan fingerprint density at radius 1 is 1.42 bits per heavy atom. The van der Waals surface area contributed by atoms with Gasteiger partial charge in [0.1, 0.15) is 5.56 Å². The number of nitrogens with one attached hydrogen (secondary N) is 2. The van der Waals surface area contributed by atoms with E-state index in [2.05, 4.69) is 11.6 Å². The largest absolute Gasteiger partial charge is 0.354 e. The fraction of sp³-hybridized carbons (Fsp3) is 0.200. The highest BCUT2D eigenvalue weighted by molar-refractivity contribution is 6.21. The molecule has 12 heavy (non-hydrogen) atoms. The Morgan fingerprint density at radius 3 is 2.42 bits per heavy atom. The summed E-state index contributed by atoms with van der Waals surface area (Å²) in [6, 6.07) is 0. The molecule has 0 aromatic carbocycles. The van der Waals surface area contributed by atoms with E-state index in [1.807, 2.05) is 4.98 Å². The maximum atomic E-state index is 12.3. The highest BCUT2D eigenvalue weighted by Crippen LogP contribution is 2.28. The van der Waals surface area contributed by atoms with Gasteiger partial charge in [-0.05, 0) is 11.6 Å². The normalized spacial score (nSPS) is 11.6. The van der Waals surface area contributed by atoms with Crippen molar-refractivity contribution in [2.75, 3.05) is 0 Å². The van der Waals surface area contributed by atoms with Crippen LogP contribution < -0.4 is 11.2 Å². The molecule has 0 amide bonds. The molecule has 0 bridgehead atoms. The highest BCUT2D eigenvalue weighted by Gasteiger charge is 2.31. The van der Waals surface area contributed by atoms with Gasteiger partial charge in [-0.3, -0.25) is 9.78 Å². The molecule has 1 aromatic heterocycles. The van der Waals surface area contributed by atoms with Gasteiger partial charge in [-0.2, -0.15) is 8.78 Å². The standard InChI is InChI=1S/C5H3ClF2N2O2/c6-5(7,8)2-1-9-4(12)10-3(2)11/h1H,(H2,9,10,11,12). The second kappa shape index (κ2) is 2.71. The summed E-state index contributed by atoms with van der Waals surface area (Å²) in [5, 5.41) is -3.77. The minimum absolute atomic E-state index is 0.578. The van der Waals surface area contributed by atoms with E-state index in [4.69, 9.17) is 0 Å². The van der Waals surface area contributed by atoms with Crippen molar-refractivity contribution in [2.45, 2.75) is 5.38 Å². The van der Waals surface area contributed by atoms with E-state index < -0.39 is 22.2 Å². The van der Waals surface area contributed by atoms with Crippen LogP contribution in [0, 0.1) is 0 Å². The first-order chi connectivity index (χ1) is 5.41. The van der Waals surface area contributed by atoms with Gasteiger partial charge in [0.15, 0.2) is 0 Å². The van der Waals surface area contributed by atoms with Crippen molar-refractivity contribution in [3.63, 3.8) is 0 Å². The third-order valence-electron chi connectivity index (χ3n) is 1.12. The molecule has 1 heterocycles. The van der Waals surface area contributed by atoms with E-state index in [1.54, 1.807) is 4.98 Å². The van der Waals surface area contributed by atoms with Crippen LogP contribution in [-0.4, -0.2) is 9.97 Å². The molecule has 0 fully saturated rings. The van der Waals surface area contributed by atoms with E-state index in [-0.39, 0.29) is 0 Å². The zero-order valence-corrected chi connectivity index (χ0v) is 6.28. The van der Waals surface area contributed by atoms with Gasteiger partial charge in [-0.15, -0.1) is 0 Å². The van der Waals surface area contributed by atoms with E-state index in [0.29, 0.717) is 6.20 Å². The number of H-pyrrole nitrogens is 2. The summed E-state index contributed by atoms with van der Waals surface area (Å²) in [4.78, 5) is 24.5. The number of rotatable bonds is 1. The lowest BCUT2D eigenvalue weighted by atomic mass is 10.3. The van der Waals surface area contributed by atoms with E-state index in [0.717, 1.165) is 0 Å². The highest BCUT2D eigenvalue weighted by atomic mass is 35.5. The first kappa shape index (κ1) is 8.92. The molecule has 0 spiro atoms. The molecule has 0 saturated heterocycles. The molecule has 2 N–H and O–H groups in total. The second-order valence-corrected chi connectivity index (χ2v) is 2.46. The maximum Gasteiger partial charge on any atom is 0.354 e. The number of aromatic amines is 2. The van der Waals surface area contributed by atoms with Gasteiger partial charge in [-0.25, -0.2) is 4.79 Å². The Kier molecular flexibility index (Phi) is 2.01. The lowest BCUT2D eigenvalue weighted by molar-refractivity contribution is 0.0929. The third-order valence-corrected chi connectivity index (χ3v) is 1.33. The Bertz CT molecular complexity index is 391. The van der Waals surface area contributed by atoms with Crippen molar-refractivity contribution in [1.82, 2.24) is 9.97 Å². The van der Waals surface area contributed by atoms with Crippen LogP contribution >= 0.6 is 11.6 Å². The molecule has 66 valence electrons. The summed E-state index contributed by atoms with van der Waals surface area (Å²) in [6.45, 7) is 0. The van der Waals surface area contributed by atoms with Crippen LogP contribution in [0.4, 0.5) is 8.78 Å². The van der Waals surface area contributed by atoms with Crippen molar-refractivity contribution in [3.8, 4) is 0 Å². The van der Waals surface area contributed by atoms with Crippen LogP contribution in [0.2, 0.25) is 0 Å². The average molecular weight is 197 g/mol. The number of hydrogen-bond donors (Lipinski definition) is 2. The van der Waals surface area contributed by atoms with Gasteiger partial charge in [0, 0.05) is 6.20 Å². The Labute approximate surface area is 69.2 Å². The predicted octanol–water partition coefficient (Wildman–Crippen LogP) is 0.351. The zero-order valence-electron chi connectivity index (χ0n) is 5.53. The molecule has 0 aliphatic rings. The molecule has 0 atom stereocenters. The van der Waals surface area contributed by atoms with E-state index in [9.17, 15) is 18.4 Å². The van der Waals surface area contributed by atoms with Gasteiger partial charge in [0.25, 0.3) is 5.56 Å². The Balaban J connectivity index is 3.39. The molecular weight excluding hydrogens is 194 g/mol. The van der Waals surface area contributed by atoms with Crippen molar-refractivity contribution >= 4 is 11.6 Å². The topological polar surface area (TPSA) is 65.7 Å². The molecule has 1 rings (SSSR count). The molecule has 0 saturated carbocycles. The quantitative estimate of drug-likeness (QED) is 0.637. The van der Waals surface area contributed by atoms with Crippen LogP contribution in [0.25, 0.3) is 0 Å². The fourth-order valence-electron chi connectivity index (χ4n) is 0.620. The minimum Gasteiger partial charge on any atom is -0.314 e. The van der Waals surface area contributed by atoms with Crippen LogP contribution in [0.15, 0.2) is 15.8 Å². The van der Waals surface area contributed by atoms with Crippen LogP contribution in [0.1, 0.15) is 5.56 Å². The van der Waals surface area contributed by atoms with Gasteiger partial charge in [0.05, 0.1) is 0 Å². The Hall–Kier alpha value is -1.17. The molecular formula is C5H3ClF2N2O2. The predicted molar refractivity (Wildman–Crippen MR) is 37.4 cm³/mol. The maximum absolute atomic E-state index is 12.3. The molecule has 0 aliphatic heterocycles. The summed E-state index contributed by atoms with van der Waals surface area (Å²) >= 11 is 4.54. The minimum atomic E-state index is -3.77. The number of halogens is 3. The van der Waals surface area contributed by atoms with Crippen molar-refractivity contribution in [1.29, 1.82) is 0 Å². The molecule has 0 aliphatic carbocycles. The molecule has 7 heteroatoms. The second-order valence-electron chi connectivity index (χ2n) is 1.98. The van der Waals surface area contributed by atoms with Crippen LogP contribution in [0.5, 0.6) is 0 Å². The summed E-state index contributed by atoms with van der Waals surface area (Å²) in [5.74, 6) is 0. The Morgan fingerprint density at radius 2 is 2.00 bits per heavy atom. The van der Waals surface area contributed by atoms with E-state index >= 15 is 0 Å². The van der Waals surface area contributed by atoms with Gasteiger partial charge < -0.3 is 4.98 Å². The number of aromatic nitrogens is 2. The number of alkyl halides is 3. The first-order valence-corrected chi connectivity index (χ1v) is 3.18. The van der Waals surface area contributed by atoms with Gasteiger partial charge in [0.2, 0.25) is 0 Å². The van der Waals surface area contributed by atoms with Gasteiger partial charge >= 0.3 is 11.1 Å². The van der Waals surface area contributed by atoms with Crippen molar-refractivity contribution in [2.24, 2.45) is 0 Å². The lowest BCUT2D eigenvalue weighted by Gasteiger charge is -2.04. The van der Waals surface area contributed by atoms with Gasteiger partial charge in [-0.1, -0.05) is 0 Å². The van der Waals surface area contributed by atoms with Crippen LogP contribution in [-0.2, 0) is 5.38 Å². The molecule has 1 aromatic rings. The third kappa shape index (κ3) is 1.70. The summed E-state index contributed by atoms with van der Waals surface area (Å²) in [5.41, 5.74) is -3.04. The molecule has 0 unspecified atom stereocenters. The molecule has 0 radical (unpaired) electrons. The lowest BCUT2D eigenvalue weighted by Crippen LogP contribution is -2.28. The summed E-state index contributed by atoms with van der Waals surface area (Å²) < 4.78 is 24.5. The summed E-state index contributed by atoms with van der Waals surface area (Å²) in [7, 11) is 0. The average Bonchev–Trinajstić information content (AvgIpc) is 1.83. The van der Waals surface area contributed by atoms with E-state index in [1.165, 1.54) is 0 Å². The zero-order chi connectivity index (χ0) is 9.35. The van der Waals surface area contributed by atoms with Crippen LogP contribution in [0.3, 0.4) is 0 Å². The first-order valence-electron chi connectivity index (χ1n) is 2.80. The summed E-state index contributed by atoms with van der Waals surface area (Å²) in [6.07, 6.45) is 0.578. The SMILES string of the molecule is O=c1[nH]cc(C(F)(F)Cl)c(=O)[nH]1. The smallest absolute Gasteiger partial charge is 0.314 e. The van der Waals surface area contributed by atoms with Crippen molar-refractivity contribution < 1.29 is 8.78 Å². The van der Waals surface area contributed by atoms with Crippen molar-refractivity contribution in [3.05, 3.63) is 32.6 Å².